The van der Waals surface area contributed by atoms with Crippen molar-refractivity contribution in [3.63, 3.8) is 0 Å². The average Bonchev–Trinajstić information content (AvgIpc) is 2.39. The zero-order valence-corrected chi connectivity index (χ0v) is 13.5. The van der Waals surface area contributed by atoms with Crippen molar-refractivity contribution < 1.29 is 4.74 Å². The van der Waals surface area contributed by atoms with Crippen LogP contribution in [0.2, 0.25) is 0 Å². The van der Waals surface area contributed by atoms with E-state index in [2.05, 4.69) is 66.7 Å². The first-order chi connectivity index (χ1) is 8.78. The molecule has 0 amide bonds. The quantitative estimate of drug-likeness (QED) is 0.677. The van der Waals surface area contributed by atoms with Crippen molar-refractivity contribution >= 4 is 0 Å². The smallest absolute Gasteiger partial charge is 0.123 e. The summed E-state index contributed by atoms with van der Waals surface area (Å²) in [5.41, 5.74) is 2.96. The fourth-order valence-corrected chi connectivity index (χ4v) is 2.13. The van der Waals surface area contributed by atoms with Crippen LogP contribution >= 0.6 is 0 Å². The molecule has 0 saturated carbocycles. The standard InChI is InChI=1S/C18H29O/c1-8-17(4,5)14-11-12-15(18(6,7)9-2)16(13-14)19-10-3/h11-13H,3,8-10H2,1-2,4-7H3. The van der Waals surface area contributed by atoms with E-state index in [0.717, 1.165) is 18.6 Å². The maximum atomic E-state index is 5.79. The summed E-state index contributed by atoms with van der Waals surface area (Å²) in [5.74, 6) is 1.00. The summed E-state index contributed by atoms with van der Waals surface area (Å²) in [6, 6.07) is 6.70. The predicted molar refractivity (Wildman–Crippen MR) is 83.9 cm³/mol. The van der Waals surface area contributed by atoms with Gasteiger partial charge < -0.3 is 4.74 Å². The molecule has 0 unspecified atom stereocenters. The molecule has 19 heavy (non-hydrogen) atoms. The summed E-state index contributed by atoms with van der Waals surface area (Å²) >= 11 is 0. The molecule has 0 saturated heterocycles. The van der Waals surface area contributed by atoms with Crippen LogP contribution in [0.1, 0.15) is 65.5 Å². The largest absolute Gasteiger partial charge is 0.493 e. The van der Waals surface area contributed by atoms with Crippen LogP contribution in [0.5, 0.6) is 5.75 Å². The van der Waals surface area contributed by atoms with E-state index in [9.17, 15) is 0 Å². The van der Waals surface area contributed by atoms with Gasteiger partial charge in [-0.1, -0.05) is 53.7 Å². The van der Waals surface area contributed by atoms with Gasteiger partial charge in [0, 0.05) is 0 Å². The number of ether oxygens (including phenoxy) is 1. The molecular weight excluding hydrogens is 232 g/mol. The second-order valence-electron chi connectivity index (χ2n) is 6.53. The van der Waals surface area contributed by atoms with Crippen LogP contribution in [0.15, 0.2) is 18.2 Å². The third kappa shape index (κ3) is 3.52. The van der Waals surface area contributed by atoms with Crippen molar-refractivity contribution in [1.29, 1.82) is 0 Å². The minimum atomic E-state index is 0.138. The molecular formula is C18H29O. The molecule has 1 radical (unpaired) electrons. The minimum Gasteiger partial charge on any atom is -0.493 e. The highest BCUT2D eigenvalue weighted by Crippen LogP contribution is 2.38. The molecule has 0 atom stereocenters. The maximum Gasteiger partial charge on any atom is 0.123 e. The molecule has 1 heteroatoms. The van der Waals surface area contributed by atoms with Crippen molar-refractivity contribution in [2.24, 2.45) is 0 Å². The lowest BCUT2D eigenvalue weighted by atomic mass is 9.77. The predicted octanol–water partition coefficient (Wildman–Crippen LogP) is 5.27. The Morgan fingerprint density at radius 1 is 1.00 bits per heavy atom. The molecule has 0 N–H and O–H groups in total. The van der Waals surface area contributed by atoms with Crippen molar-refractivity contribution in [2.45, 2.75) is 65.2 Å². The van der Waals surface area contributed by atoms with Gasteiger partial charge in [0.15, 0.2) is 0 Å². The van der Waals surface area contributed by atoms with Crippen molar-refractivity contribution in [3.8, 4) is 5.75 Å². The van der Waals surface area contributed by atoms with Crippen LogP contribution in [-0.2, 0) is 10.8 Å². The topological polar surface area (TPSA) is 9.23 Å². The Morgan fingerprint density at radius 3 is 2.05 bits per heavy atom. The minimum absolute atomic E-state index is 0.138. The van der Waals surface area contributed by atoms with Crippen molar-refractivity contribution in [2.75, 3.05) is 6.61 Å². The number of benzene rings is 1. The van der Waals surface area contributed by atoms with Crippen LogP contribution in [0.4, 0.5) is 0 Å². The highest BCUT2D eigenvalue weighted by molar-refractivity contribution is 5.44. The first kappa shape index (κ1) is 16.1. The fourth-order valence-electron chi connectivity index (χ4n) is 2.13. The molecule has 1 aromatic rings. The van der Waals surface area contributed by atoms with E-state index in [-0.39, 0.29) is 10.8 Å². The molecule has 0 fully saturated rings. The normalized spacial score (nSPS) is 12.6. The SMILES string of the molecule is [CH2]COc1cc(C(C)(C)CC)ccc1C(C)(C)CC. The molecule has 0 aliphatic carbocycles. The Bertz CT molecular complexity index is 416. The van der Waals surface area contributed by atoms with Crippen LogP contribution in [0.25, 0.3) is 0 Å². The van der Waals surface area contributed by atoms with Crippen molar-refractivity contribution in [1.82, 2.24) is 0 Å². The van der Waals surface area contributed by atoms with Gasteiger partial charge in [-0.05, 0) is 47.8 Å². The fraction of sp³-hybridized carbons (Fsp3) is 0.611. The van der Waals surface area contributed by atoms with Gasteiger partial charge in [0.05, 0.1) is 6.61 Å². The zero-order valence-electron chi connectivity index (χ0n) is 13.5. The van der Waals surface area contributed by atoms with E-state index in [4.69, 9.17) is 4.74 Å². The molecule has 1 nitrogen and oxygen atoms in total. The van der Waals surface area contributed by atoms with Gasteiger partial charge in [-0.15, -0.1) is 0 Å². The van der Waals surface area contributed by atoms with Crippen LogP contribution in [0, 0.1) is 6.92 Å². The summed E-state index contributed by atoms with van der Waals surface area (Å²) in [5, 5.41) is 0. The molecule has 1 aromatic carbocycles. The molecule has 0 heterocycles. The number of hydrogen-bond donors (Lipinski definition) is 0. The van der Waals surface area contributed by atoms with Crippen molar-refractivity contribution in [3.05, 3.63) is 36.2 Å². The van der Waals surface area contributed by atoms with E-state index in [0.29, 0.717) is 6.61 Å². The second-order valence-corrected chi connectivity index (χ2v) is 6.53. The summed E-state index contributed by atoms with van der Waals surface area (Å²) in [6.07, 6.45) is 2.21. The molecule has 0 aliphatic heterocycles. The van der Waals surface area contributed by atoms with E-state index in [1.807, 2.05) is 0 Å². The van der Waals surface area contributed by atoms with Gasteiger partial charge in [-0.25, -0.2) is 0 Å². The van der Waals surface area contributed by atoms with Crippen LogP contribution < -0.4 is 4.74 Å². The Balaban J connectivity index is 3.30. The summed E-state index contributed by atoms with van der Waals surface area (Å²) < 4.78 is 5.79. The molecule has 107 valence electrons. The van der Waals surface area contributed by atoms with Crippen LogP contribution in [-0.4, -0.2) is 6.61 Å². The lowest BCUT2D eigenvalue weighted by Gasteiger charge is -2.29. The lowest BCUT2D eigenvalue weighted by molar-refractivity contribution is 0.343. The highest BCUT2D eigenvalue weighted by Gasteiger charge is 2.25. The highest BCUT2D eigenvalue weighted by atomic mass is 16.5. The van der Waals surface area contributed by atoms with E-state index in [1.54, 1.807) is 0 Å². The Kier molecular flexibility index (Phi) is 5.06. The van der Waals surface area contributed by atoms with E-state index < -0.39 is 0 Å². The van der Waals surface area contributed by atoms with Gasteiger partial charge in [0.1, 0.15) is 5.75 Å². The summed E-state index contributed by atoms with van der Waals surface area (Å²) in [6.45, 7) is 17.8. The molecule has 0 aromatic heterocycles. The summed E-state index contributed by atoms with van der Waals surface area (Å²) in [4.78, 5) is 0. The number of hydrogen-bond acceptors (Lipinski definition) is 1. The van der Waals surface area contributed by atoms with E-state index in [1.165, 1.54) is 11.1 Å². The second kappa shape index (κ2) is 5.98. The van der Waals surface area contributed by atoms with Gasteiger partial charge in [0.25, 0.3) is 0 Å². The van der Waals surface area contributed by atoms with Gasteiger partial charge in [-0.3, -0.25) is 0 Å². The first-order valence-corrected chi connectivity index (χ1v) is 7.35. The Hall–Kier alpha value is -0.980. The Morgan fingerprint density at radius 2 is 1.58 bits per heavy atom. The molecule has 0 bridgehead atoms. The monoisotopic (exact) mass is 261 g/mol. The maximum absolute atomic E-state index is 5.79. The lowest BCUT2D eigenvalue weighted by Crippen LogP contribution is -2.20. The third-order valence-corrected chi connectivity index (χ3v) is 4.52. The average molecular weight is 261 g/mol. The molecule has 0 spiro atoms. The van der Waals surface area contributed by atoms with E-state index >= 15 is 0 Å². The first-order valence-electron chi connectivity index (χ1n) is 7.35. The zero-order chi connectivity index (χ0) is 14.7. The van der Waals surface area contributed by atoms with Gasteiger partial charge >= 0.3 is 0 Å². The molecule has 1 rings (SSSR count). The molecule has 0 aliphatic rings. The third-order valence-electron chi connectivity index (χ3n) is 4.52. The van der Waals surface area contributed by atoms with Crippen LogP contribution in [0.3, 0.4) is 0 Å². The number of rotatable bonds is 6. The Labute approximate surface area is 119 Å². The van der Waals surface area contributed by atoms with Gasteiger partial charge in [0.2, 0.25) is 0 Å². The summed E-state index contributed by atoms with van der Waals surface area (Å²) in [7, 11) is 0. The van der Waals surface area contributed by atoms with Gasteiger partial charge in [-0.2, -0.15) is 0 Å².